The van der Waals surface area contributed by atoms with Crippen molar-refractivity contribution in [3.8, 4) is 5.75 Å². The van der Waals surface area contributed by atoms with E-state index in [4.69, 9.17) is 10.5 Å². The van der Waals surface area contributed by atoms with E-state index < -0.39 is 0 Å². The molecule has 1 amide bonds. The number of carbonyl (C=O) groups is 1. The molecule has 2 rings (SSSR count). The summed E-state index contributed by atoms with van der Waals surface area (Å²) in [5, 5.41) is 0. The fourth-order valence-electron chi connectivity index (χ4n) is 2.07. The van der Waals surface area contributed by atoms with Crippen LogP contribution < -0.4 is 15.4 Å². The Morgan fingerprint density at radius 1 is 1.24 bits per heavy atom. The third kappa shape index (κ3) is 3.13. The number of amides is 1. The molecule has 0 aliphatic carbocycles. The Morgan fingerprint density at radius 3 is 2.43 bits per heavy atom. The van der Waals surface area contributed by atoms with Gasteiger partial charge in [0.1, 0.15) is 11.6 Å². The summed E-state index contributed by atoms with van der Waals surface area (Å²) in [6.45, 7) is 2.30. The van der Waals surface area contributed by atoms with Crippen molar-refractivity contribution in [1.82, 2.24) is 0 Å². The number of ether oxygens (including phenoxy) is 1. The van der Waals surface area contributed by atoms with Gasteiger partial charge in [-0.3, -0.25) is 4.79 Å². The topological polar surface area (TPSA) is 55.6 Å². The average Bonchev–Trinajstić information content (AvgIpc) is 2.49. The lowest BCUT2D eigenvalue weighted by Crippen LogP contribution is -2.31. The van der Waals surface area contributed by atoms with Gasteiger partial charge >= 0.3 is 0 Å². The van der Waals surface area contributed by atoms with Crippen LogP contribution in [0.15, 0.2) is 42.5 Å². The van der Waals surface area contributed by atoms with Crippen LogP contribution in [0.1, 0.15) is 17.3 Å². The highest BCUT2D eigenvalue weighted by atomic mass is 19.1. The minimum atomic E-state index is -0.341. The van der Waals surface area contributed by atoms with Crippen molar-refractivity contribution < 1.29 is 13.9 Å². The molecule has 0 atom stereocenters. The van der Waals surface area contributed by atoms with Gasteiger partial charge in [-0.05, 0) is 43.3 Å². The number of nitrogens with zero attached hydrogens (tertiary/aromatic N) is 1. The van der Waals surface area contributed by atoms with Crippen molar-refractivity contribution in [2.24, 2.45) is 0 Å². The molecule has 0 saturated carbocycles. The first-order chi connectivity index (χ1) is 10.1. The molecule has 0 spiro atoms. The molecule has 0 aliphatic rings. The predicted octanol–water partition coefficient (Wildman–Crippen LogP) is 3.08. The van der Waals surface area contributed by atoms with E-state index in [-0.39, 0.29) is 11.7 Å². The van der Waals surface area contributed by atoms with Gasteiger partial charge in [-0.15, -0.1) is 0 Å². The number of benzene rings is 2. The lowest BCUT2D eigenvalue weighted by Gasteiger charge is -2.22. The third-order valence-corrected chi connectivity index (χ3v) is 3.19. The van der Waals surface area contributed by atoms with E-state index in [0.29, 0.717) is 29.2 Å². The molecule has 110 valence electrons. The maximum atomic E-state index is 13.0. The van der Waals surface area contributed by atoms with Gasteiger partial charge in [-0.25, -0.2) is 4.39 Å². The average molecular weight is 288 g/mol. The molecule has 2 aromatic carbocycles. The van der Waals surface area contributed by atoms with E-state index in [1.54, 1.807) is 30.3 Å². The van der Waals surface area contributed by atoms with Gasteiger partial charge in [-0.2, -0.15) is 0 Å². The number of rotatable bonds is 4. The van der Waals surface area contributed by atoms with Crippen molar-refractivity contribution in [3.05, 3.63) is 53.8 Å². The molecule has 0 unspecified atom stereocenters. The Balaban J connectivity index is 2.34. The third-order valence-electron chi connectivity index (χ3n) is 3.19. The zero-order chi connectivity index (χ0) is 15.4. The zero-order valence-electron chi connectivity index (χ0n) is 12.0. The second kappa shape index (κ2) is 6.26. The van der Waals surface area contributed by atoms with E-state index in [0.717, 1.165) is 0 Å². The SMILES string of the molecule is CCN(C(=O)c1ccc(OC)cc1N)c1ccc(F)cc1. The van der Waals surface area contributed by atoms with Gasteiger partial charge in [0.25, 0.3) is 5.91 Å². The second-order valence-electron chi connectivity index (χ2n) is 4.48. The minimum Gasteiger partial charge on any atom is -0.497 e. The van der Waals surface area contributed by atoms with Gasteiger partial charge in [0, 0.05) is 24.0 Å². The Morgan fingerprint density at radius 2 is 1.90 bits per heavy atom. The Kier molecular flexibility index (Phi) is 4.42. The molecule has 0 radical (unpaired) electrons. The van der Waals surface area contributed by atoms with E-state index >= 15 is 0 Å². The summed E-state index contributed by atoms with van der Waals surface area (Å²) in [5.74, 6) is 0.0179. The molecule has 2 N–H and O–H groups in total. The number of nitrogens with two attached hydrogens (primary N) is 1. The van der Waals surface area contributed by atoms with Crippen LogP contribution in [0, 0.1) is 5.82 Å². The number of hydrogen-bond acceptors (Lipinski definition) is 3. The van der Waals surface area contributed by atoms with Crippen LogP contribution in [-0.4, -0.2) is 19.6 Å². The van der Waals surface area contributed by atoms with Crippen LogP contribution in [0.4, 0.5) is 15.8 Å². The monoisotopic (exact) mass is 288 g/mol. The number of hydrogen-bond donors (Lipinski definition) is 1. The molecule has 21 heavy (non-hydrogen) atoms. The zero-order valence-corrected chi connectivity index (χ0v) is 12.0. The summed E-state index contributed by atoms with van der Waals surface area (Å²) in [5.41, 5.74) is 7.27. The second-order valence-corrected chi connectivity index (χ2v) is 4.48. The molecule has 0 fully saturated rings. The number of nitrogen functional groups attached to an aromatic ring is 1. The highest BCUT2D eigenvalue weighted by Crippen LogP contribution is 2.24. The first-order valence-corrected chi connectivity index (χ1v) is 6.57. The molecule has 0 aromatic heterocycles. The van der Waals surface area contributed by atoms with Crippen LogP contribution in [0.3, 0.4) is 0 Å². The van der Waals surface area contributed by atoms with Crippen molar-refractivity contribution in [1.29, 1.82) is 0 Å². The van der Waals surface area contributed by atoms with Gasteiger partial charge < -0.3 is 15.4 Å². The smallest absolute Gasteiger partial charge is 0.260 e. The number of halogens is 1. The summed E-state index contributed by atoms with van der Waals surface area (Å²) in [7, 11) is 1.53. The van der Waals surface area contributed by atoms with E-state index in [1.165, 1.54) is 24.1 Å². The maximum absolute atomic E-state index is 13.0. The summed E-state index contributed by atoms with van der Waals surface area (Å²) < 4.78 is 18.1. The lowest BCUT2D eigenvalue weighted by molar-refractivity contribution is 0.0989. The number of methoxy groups -OCH3 is 1. The first kappa shape index (κ1) is 14.8. The van der Waals surface area contributed by atoms with Crippen LogP contribution in [0.25, 0.3) is 0 Å². The van der Waals surface area contributed by atoms with Gasteiger partial charge in [0.2, 0.25) is 0 Å². The summed E-state index contributed by atoms with van der Waals surface area (Å²) in [6, 6.07) is 10.7. The highest BCUT2D eigenvalue weighted by molar-refractivity contribution is 6.09. The lowest BCUT2D eigenvalue weighted by atomic mass is 10.1. The van der Waals surface area contributed by atoms with Gasteiger partial charge in [0.05, 0.1) is 12.7 Å². The summed E-state index contributed by atoms with van der Waals surface area (Å²) >= 11 is 0. The van der Waals surface area contributed by atoms with Crippen LogP contribution in [0.5, 0.6) is 5.75 Å². The predicted molar refractivity (Wildman–Crippen MR) is 81.2 cm³/mol. The standard InChI is InChI=1S/C16H17FN2O2/c1-3-19(12-6-4-11(17)5-7-12)16(20)14-9-8-13(21-2)10-15(14)18/h4-10H,3,18H2,1-2H3. The number of anilines is 2. The normalized spacial score (nSPS) is 10.2. The first-order valence-electron chi connectivity index (χ1n) is 6.57. The maximum Gasteiger partial charge on any atom is 0.260 e. The highest BCUT2D eigenvalue weighted by Gasteiger charge is 2.18. The quantitative estimate of drug-likeness (QED) is 0.880. The van der Waals surface area contributed by atoms with E-state index in [2.05, 4.69) is 0 Å². The molecule has 0 heterocycles. The fourth-order valence-corrected chi connectivity index (χ4v) is 2.07. The van der Waals surface area contributed by atoms with Crippen molar-refractivity contribution in [3.63, 3.8) is 0 Å². The molecular weight excluding hydrogens is 271 g/mol. The summed E-state index contributed by atoms with van der Waals surface area (Å²) in [4.78, 5) is 14.1. The van der Waals surface area contributed by atoms with Crippen LogP contribution in [0.2, 0.25) is 0 Å². The van der Waals surface area contributed by atoms with Crippen molar-refractivity contribution >= 4 is 17.3 Å². The molecule has 0 aliphatic heterocycles. The largest absolute Gasteiger partial charge is 0.497 e. The number of carbonyl (C=O) groups excluding carboxylic acids is 1. The Labute approximate surface area is 122 Å². The van der Waals surface area contributed by atoms with E-state index in [9.17, 15) is 9.18 Å². The van der Waals surface area contributed by atoms with Crippen LogP contribution in [-0.2, 0) is 0 Å². The molecular formula is C16H17FN2O2. The fraction of sp³-hybridized carbons (Fsp3) is 0.188. The molecule has 0 bridgehead atoms. The van der Waals surface area contributed by atoms with Gasteiger partial charge in [-0.1, -0.05) is 0 Å². The Bertz CT molecular complexity index is 641. The molecule has 5 heteroatoms. The minimum absolute atomic E-state index is 0.232. The Hall–Kier alpha value is -2.56. The molecule has 0 saturated heterocycles. The van der Waals surface area contributed by atoms with Crippen molar-refractivity contribution in [2.75, 3.05) is 24.3 Å². The summed E-state index contributed by atoms with van der Waals surface area (Å²) in [6.07, 6.45) is 0. The van der Waals surface area contributed by atoms with Crippen molar-refractivity contribution in [2.45, 2.75) is 6.92 Å². The molecule has 2 aromatic rings. The van der Waals surface area contributed by atoms with E-state index in [1.807, 2.05) is 6.92 Å². The van der Waals surface area contributed by atoms with Crippen LogP contribution >= 0.6 is 0 Å². The molecule has 4 nitrogen and oxygen atoms in total. The van der Waals surface area contributed by atoms with Gasteiger partial charge in [0.15, 0.2) is 0 Å².